The van der Waals surface area contributed by atoms with E-state index in [1.807, 2.05) is 36.4 Å². The third-order valence-electron chi connectivity index (χ3n) is 3.82. The summed E-state index contributed by atoms with van der Waals surface area (Å²) in [5.41, 5.74) is 2.07. The van der Waals surface area contributed by atoms with E-state index in [0.29, 0.717) is 11.7 Å². The van der Waals surface area contributed by atoms with E-state index < -0.39 is 0 Å². The fraction of sp³-hybridized carbons (Fsp3) is 0.111. The van der Waals surface area contributed by atoms with Crippen molar-refractivity contribution in [3.05, 3.63) is 59.5 Å². The van der Waals surface area contributed by atoms with Crippen LogP contribution in [0, 0.1) is 0 Å². The van der Waals surface area contributed by atoms with Crippen molar-refractivity contribution in [2.24, 2.45) is 0 Å². The predicted octanol–water partition coefficient (Wildman–Crippen LogP) is 5.17. The van der Waals surface area contributed by atoms with Gasteiger partial charge in [-0.1, -0.05) is 41.7 Å². The maximum absolute atomic E-state index is 12.4. The van der Waals surface area contributed by atoms with Gasteiger partial charge in [0.25, 0.3) is 0 Å². The summed E-state index contributed by atoms with van der Waals surface area (Å²) in [5.74, 6) is 0. The highest BCUT2D eigenvalue weighted by atomic mass is 32.1. The molecule has 6 heteroatoms. The first-order chi connectivity index (χ1) is 11.7. The van der Waals surface area contributed by atoms with Gasteiger partial charge in [-0.25, -0.2) is 9.78 Å². The topological polar surface area (TPSA) is 45.2 Å². The Kier molecular flexibility index (Phi) is 3.92. The van der Waals surface area contributed by atoms with Crippen LogP contribution in [0.3, 0.4) is 0 Å². The number of hydrogen-bond acceptors (Lipinski definition) is 4. The second kappa shape index (κ2) is 6.22. The molecule has 0 saturated heterocycles. The van der Waals surface area contributed by atoms with Crippen molar-refractivity contribution in [2.45, 2.75) is 6.54 Å². The van der Waals surface area contributed by atoms with Gasteiger partial charge in [0.2, 0.25) is 0 Å². The number of para-hydroxylation sites is 1. The molecule has 4 rings (SSSR count). The van der Waals surface area contributed by atoms with Gasteiger partial charge in [0, 0.05) is 18.3 Å². The summed E-state index contributed by atoms with van der Waals surface area (Å²) >= 11 is 3.19. The molecule has 2 aromatic heterocycles. The molecular weight excluding hydrogens is 338 g/mol. The van der Waals surface area contributed by atoms with Crippen molar-refractivity contribution in [1.82, 2.24) is 9.88 Å². The van der Waals surface area contributed by atoms with E-state index in [1.165, 1.54) is 21.4 Å². The number of anilines is 1. The minimum absolute atomic E-state index is 0.149. The average molecular weight is 353 g/mol. The van der Waals surface area contributed by atoms with Gasteiger partial charge in [-0.15, -0.1) is 11.3 Å². The number of aromatic nitrogens is 1. The number of fused-ring (bicyclic) bond motifs is 2. The Hall–Kier alpha value is -2.44. The van der Waals surface area contributed by atoms with Gasteiger partial charge in [0.1, 0.15) is 0 Å². The molecule has 0 fully saturated rings. The number of amides is 2. The molecule has 0 spiro atoms. The van der Waals surface area contributed by atoms with Crippen molar-refractivity contribution in [1.29, 1.82) is 0 Å². The van der Waals surface area contributed by atoms with Crippen molar-refractivity contribution < 1.29 is 4.79 Å². The van der Waals surface area contributed by atoms with Gasteiger partial charge in [-0.2, -0.15) is 0 Å². The highest BCUT2D eigenvalue weighted by Crippen LogP contribution is 2.27. The first-order valence-corrected chi connectivity index (χ1v) is 9.23. The number of rotatable bonds is 3. The average Bonchev–Trinajstić information content (AvgIpc) is 3.18. The molecule has 120 valence electrons. The van der Waals surface area contributed by atoms with E-state index in [9.17, 15) is 4.79 Å². The third kappa shape index (κ3) is 2.86. The van der Waals surface area contributed by atoms with Crippen molar-refractivity contribution >= 4 is 54.1 Å². The maximum Gasteiger partial charge on any atom is 0.323 e. The summed E-state index contributed by atoms with van der Waals surface area (Å²) in [4.78, 5) is 18.6. The van der Waals surface area contributed by atoms with Crippen LogP contribution in [-0.2, 0) is 6.54 Å². The molecule has 0 saturated carbocycles. The molecule has 0 bridgehead atoms. The second-order valence-electron chi connectivity index (χ2n) is 5.53. The highest BCUT2D eigenvalue weighted by molar-refractivity contribution is 7.22. The zero-order valence-electron chi connectivity index (χ0n) is 13.0. The molecule has 0 aliphatic heterocycles. The molecule has 0 aliphatic carbocycles. The van der Waals surface area contributed by atoms with E-state index in [4.69, 9.17) is 0 Å². The summed E-state index contributed by atoms with van der Waals surface area (Å²) in [6, 6.07) is 16.0. The van der Waals surface area contributed by atoms with Crippen LogP contribution in [0.2, 0.25) is 0 Å². The summed E-state index contributed by atoms with van der Waals surface area (Å²) < 4.78 is 2.31. The summed E-state index contributed by atoms with van der Waals surface area (Å²) in [5, 5.41) is 6.84. The van der Waals surface area contributed by atoms with E-state index in [0.717, 1.165) is 15.8 Å². The normalized spacial score (nSPS) is 11.0. The highest BCUT2D eigenvalue weighted by Gasteiger charge is 2.14. The number of carbonyl (C=O) groups excluding carboxylic acids is 1. The summed E-state index contributed by atoms with van der Waals surface area (Å²) in [6.07, 6.45) is 0. The largest absolute Gasteiger partial charge is 0.323 e. The lowest BCUT2D eigenvalue weighted by molar-refractivity contribution is 0.221. The van der Waals surface area contributed by atoms with Crippen LogP contribution in [0.15, 0.2) is 53.9 Å². The minimum atomic E-state index is -0.149. The first kappa shape index (κ1) is 15.1. The molecule has 2 aromatic carbocycles. The molecule has 0 aliphatic rings. The Bertz CT molecular complexity index is 988. The van der Waals surface area contributed by atoms with Crippen LogP contribution >= 0.6 is 22.7 Å². The van der Waals surface area contributed by atoms with Gasteiger partial charge in [0.15, 0.2) is 5.13 Å². The standard InChI is InChI=1S/C18H15N3OS2/c1-21(10-12-11-23-15-8-4-2-6-13(12)15)18(22)20-17-19-14-7-3-5-9-16(14)24-17/h2-9,11H,10H2,1H3,(H,19,20,22). The number of nitrogens with zero attached hydrogens (tertiary/aromatic N) is 2. The fourth-order valence-corrected chi connectivity index (χ4v) is 4.40. The molecule has 2 heterocycles. The molecule has 0 atom stereocenters. The molecule has 24 heavy (non-hydrogen) atoms. The van der Waals surface area contributed by atoms with Crippen molar-refractivity contribution in [2.75, 3.05) is 12.4 Å². The SMILES string of the molecule is CN(Cc1csc2ccccc12)C(=O)Nc1nc2ccccc2s1. The molecule has 4 aromatic rings. The number of thiazole rings is 1. The lowest BCUT2D eigenvalue weighted by atomic mass is 10.2. The minimum Gasteiger partial charge on any atom is -0.323 e. The van der Waals surface area contributed by atoms with Gasteiger partial charge in [-0.05, 0) is 34.5 Å². The van der Waals surface area contributed by atoms with E-state index >= 15 is 0 Å². The Morgan fingerprint density at radius 1 is 1.12 bits per heavy atom. The summed E-state index contributed by atoms with van der Waals surface area (Å²) in [7, 11) is 1.80. The van der Waals surface area contributed by atoms with E-state index in [-0.39, 0.29) is 6.03 Å². The van der Waals surface area contributed by atoms with Crippen LogP contribution in [0.5, 0.6) is 0 Å². The lowest BCUT2D eigenvalue weighted by Gasteiger charge is -2.16. The van der Waals surface area contributed by atoms with Crippen LogP contribution in [0.25, 0.3) is 20.3 Å². The Morgan fingerprint density at radius 3 is 2.71 bits per heavy atom. The van der Waals surface area contributed by atoms with Crippen LogP contribution in [-0.4, -0.2) is 23.0 Å². The number of hydrogen-bond donors (Lipinski definition) is 1. The smallest absolute Gasteiger partial charge is 0.323 e. The maximum atomic E-state index is 12.4. The molecule has 4 nitrogen and oxygen atoms in total. The van der Waals surface area contributed by atoms with Crippen molar-refractivity contribution in [3.63, 3.8) is 0 Å². The number of thiophene rings is 1. The lowest BCUT2D eigenvalue weighted by Crippen LogP contribution is -2.30. The Morgan fingerprint density at radius 2 is 1.88 bits per heavy atom. The van der Waals surface area contributed by atoms with Crippen LogP contribution in [0.4, 0.5) is 9.93 Å². The zero-order valence-corrected chi connectivity index (χ0v) is 14.7. The number of benzene rings is 2. The van der Waals surface area contributed by atoms with E-state index in [1.54, 1.807) is 23.3 Å². The molecular formula is C18H15N3OS2. The first-order valence-electron chi connectivity index (χ1n) is 7.53. The van der Waals surface area contributed by atoms with Gasteiger partial charge in [0.05, 0.1) is 10.2 Å². The third-order valence-corrected chi connectivity index (χ3v) is 5.79. The predicted molar refractivity (Wildman–Crippen MR) is 102 cm³/mol. The fourth-order valence-electron chi connectivity index (χ4n) is 2.60. The summed E-state index contributed by atoms with van der Waals surface area (Å²) in [6.45, 7) is 0.570. The second-order valence-corrected chi connectivity index (χ2v) is 7.47. The monoisotopic (exact) mass is 353 g/mol. The van der Waals surface area contributed by atoms with Gasteiger partial charge >= 0.3 is 6.03 Å². The Balaban J connectivity index is 1.49. The van der Waals surface area contributed by atoms with Gasteiger partial charge < -0.3 is 4.90 Å². The number of urea groups is 1. The number of nitrogens with one attached hydrogen (secondary N) is 1. The molecule has 1 N–H and O–H groups in total. The quantitative estimate of drug-likeness (QED) is 0.552. The van der Waals surface area contributed by atoms with Crippen LogP contribution < -0.4 is 5.32 Å². The number of carbonyl (C=O) groups is 1. The zero-order chi connectivity index (χ0) is 16.5. The van der Waals surface area contributed by atoms with E-state index in [2.05, 4.69) is 27.8 Å². The molecule has 0 unspecified atom stereocenters. The molecule has 2 amide bonds. The van der Waals surface area contributed by atoms with Crippen LogP contribution in [0.1, 0.15) is 5.56 Å². The van der Waals surface area contributed by atoms with Crippen molar-refractivity contribution in [3.8, 4) is 0 Å². The van der Waals surface area contributed by atoms with Gasteiger partial charge in [-0.3, -0.25) is 5.32 Å². The molecule has 0 radical (unpaired) electrons. The Labute approximate surface area is 147 Å².